The predicted molar refractivity (Wildman–Crippen MR) is 68.4 cm³/mol. The number of rotatable bonds is 4. The van der Waals surface area contributed by atoms with Gasteiger partial charge in [0.05, 0.1) is 20.3 Å². The minimum Gasteiger partial charge on any atom is -0.496 e. The van der Waals surface area contributed by atoms with Crippen LogP contribution >= 0.6 is 0 Å². The quantitative estimate of drug-likeness (QED) is 0.797. The van der Waals surface area contributed by atoms with E-state index in [-0.39, 0.29) is 0 Å². The molecule has 94 valence electrons. The normalized spacial score (nSPS) is 17.0. The van der Waals surface area contributed by atoms with E-state index in [1.54, 1.807) is 7.11 Å². The molecular formula is C13H20N2O2. The van der Waals surface area contributed by atoms with Crippen molar-refractivity contribution in [3.63, 3.8) is 0 Å². The second kappa shape index (κ2) is 5.89. The Morgan fingerprint density at radius 2 is 2.12 bits per heavy atom. The van der Waals surface area contributed by atoms with Gasteiger partial charge in [-0.3, -0.25) is 4.90 Å². The van der Waals surface area contributed by atoms with Gasteiger partial charge in [-0.1, -0.05) is 6.07 Å². The van der Waals surface area contributed by atoms with Crippen molar-refractivity contribution >= 4 is 5.69 Å². The summed E-state index contributed by atoms with van der Waals surface area (Å²) in [5.74, 6) is 0.887. The molecule has 0 bridgehead atoms. The van der Waals surface area contributed by atoms with Gasteiger partial charge in [-0.05, 0) is 18.6 Å². The third kappa shape index (κ3) is 3.11. The first-order valence-electron chi connectivity index (χ1n) is 6.02. The molecule has 1 aliphatic heterocycles. The van der Waals surface area contributed by atoms with E-state index in [4.69, 9.17) is 15.2 Å². The summed E-state index contributed by atoms with van der Waals surface area (Å²) in [5.41, 5.74) is 7.92. The van der Waals surface area contributed by atoms with Gasteiger partial charge in [0.15, 0.2) is 0 Å². The van der Waals surface area contributed by atoms with Crippen molar-refractivity contribution in [2.45, 2.75) is 6.42 Å². The Morgan fingerprint density at radius 3 is 2.82 bits per heavy atom. The molecule has 0 spiro atoms. The Hall–Kier alpha value is -1.26. The molecule has 0 unspecified atom stereocenters. The summed E-state index contributed by atoms with van der Waals surface area (Å²) in [7, 11) is 1.69. The van der Waals surface area contributed by atoms with Crippen LogP contribution < -0.4 is 10.5 Å². The fourth-order valence-corrected chi connectivity index (χ4v) is 2.14. The van der Waals surface area contributed by atoms with Gasteiger partial charge < -0.3 is 15.2 Å². The van der Waals surface area contributed by atoms with Crippen LogP contribution in [0.5, 0.6) is 5.75 Å². The van der Waals surface area contributed by atoms with Gasteiger partial charge in [0.25, 0.3) is 0 Å². The zero-order valence-electron chi connectivity index (χ0n) is 10.3. The van der Waals surface area contributed by atoms with E-state index in [9.17, 15) is 0 Å². The molecule has 4 nitrogen and oxygen atoms in total. The summed E-state index contributed by atoms with van der Waals surface area (Å²) in [6.45, 7) is 4.70. The van der Waals surface area contributed by atoms with Crippen LogP contribution in [0.1, 0.15) is 5.56 Å². The molecule has 0 atom stereocenters. The Balaban J connectivity index is 1.97. The Labute approximate surface area is 102 Å². The fourth-order valence-electron chi connectivity index (χ4n) is 2.14. The molecule has 0 radical (unpaired) electrons. The predicted octanol–water partition coefficient (Wildman–Crippen LogP) is 1.15. The average molecular weight is 236 g/mol. The number of methoxy groups -OCH3 is 1. The smallest absolute Gasteiger partial charge is 0.124 e. The van der Waals surface area contributed by atoms with Crippen LogP contribution in [-0.4, -0.2) is 44.9 Å². The molecule has 4 heteroatoms. The summed E-state index contributed by atoms with van der Waals surface area (Å²) in [5, 5.41) is 0. The summed E-state index contributed by atoms with van der Waals surface area (Å²) in [6, 6.07) is 5.81. The number of nitrogen functional groups attached to an aromatic ring is 1. The summed E-state index contributed by atoms with van der Waals surface area (Å²) >= 11 is 0. The zero-order chi connectivity index (χ0) is 12.1. The highest BCUT2D eigenvalue weighted by molar-refractivity contribution is 5.54. The lowest BCUT2D eigenvalue weighted by molar-refractivity contribution is 0.0384. The standard InChI is InChI=1S/C13H20N2O2/c1-16-13-4-2-3-12(14)11(13)5-6-15-7-9-17-10-8-15/h2-4H,5-10,14H2,1H3. The van der Waals surface area contributed by atoms with Crippen LogP contribution in [0.3, 0.4) is 0 Å². The van der Waals surface area contributed by atoms with Crippen LogP contribution in [0.25, 0.3) is 0 Å². The Morgan fingerprint density at radius 1 is 1.35 bits per heavy atom. The number of hydrogen-bond donors (Lipinski definition) is 1. The van der Waals surface area contributed by atoms with Crippen LogP contribution in [0.15, 0.2) is 18.2 Å². The first kappa shape index (κ1) is 12.2. The second-order valence-electron chi connectivity index (χ2n) is 4.23. The molecule has 1 aromatic carbocycles. The monoisotopic (exact) mass is 236 g/mol. The molecular weight excluding hydrogens is 216 g/mol. The van der Waals surface area contributed by atoms with Gasteiger partial charge in [0.1, 0.15) is 5.75 Å². The SMILES string of the molecule is COc1cccc(N)c1CCN1CCOCC1. The van der Waals surface area contributed by atoms with Gasteiger partial charge in [0.2, 0.25) is 0 Å². The topological polar surface area (TPSA) is 47.7 Å². The minimum absolute atomic E-state index is 0.817. The highest BCUT2D eigenvalue weighted by atomic mass is 16.5. The lowest BCUT2D eigenvalue weighted by Crippen LogP contribution is -2.37. The number of hydrogen-bond acceptors (Lipinski definition) is 4. The van der Waals surface area contributed by atoms with E-state index < -0.39 is 0 Å². The van der Waals surface area contributed by atoms with Crippen molar-refractivity contribution in [3.8, 4) is 5.75 Å². The van der Waals surface area contributed by atoms with Gasteiger partial charge in [-0.2, -0.15) is 0 Å². The van der Waals surface area contributed by atoms with Crippen molar-refractivity contribution in [2.75, 3.05) is 45.7 Å². The van der Waals surface area contributed by atoms with Crippen LogP contribution in [0.2, 0.25) is 0 Å². The molecule has 2 N–H and O–H groups in total. The largest absolute Gasteiger partial charge is 0.496 e. The number of anilines is 1. The number of nitrogens with zero attached hydrogens (tertiary/aromatic N) is 1. The Kier molecular flexibility index (Phi) is 4.23. The maximum absolute atomic E-state index is 5.99. The van der Waals surface area contributed by atoms with Crippen molar-refractivity contribution in [1.82, 2.24) is 4.90 Å². The van der Waals surface area contributed by atoms with E-state index in [2.05, 4.69) is 4.90 Å². The van der Waals surface area contributed by atoms with E-state index >= 15 is 0 Å². The molecule has 1 aliphatic rings. The highest BCUT2D eigenvalue weighted by Crippen LogP contribution is 2.24. The highest BCUT2D eigenvalue weighted by Gasteiger charge is 2.12. The minimum atomic E-state index is 0.817. The van der Waals surface area contributed by atoms with Crippen molar-refractivity contribution in [3.05, 3.63) is 23.8 Å². The van der Waals surface area contributed by atoms with Gasteiger partial charge in [0, 0.05) is 30.9 Å². The van der Waals surface area contributed by atoms with E-state index in [1.165, 1.54) is 0 Å². The van der Waals surface area contributed by atoms with Crippen molar-refractivity contribution in [1.29, 1.82) is 0 Å². The van der Waals surface area contributed by atoms with Crippen molar-refractivity contribution < 1.29 is 9.47 Å². The molecule has 0 amide bonds. The molecule has 17 heavy (non-hydrogen) atoms. The van der Waals surface area contributed by atoms with Gasteiger partial charge in [-0.25, -0.2) is 0 Å². The molecule has 0 aromatic heterocycles. The maximum Gasteiger partial charge on any atom is 0.124 e. The first-order chi connectivity index (χ1) is 8.31. The van der Waals surface area contributed by atoms with E-state index in [1.807, 2.05) is 18.2 Å². The molecule has 0 saturated carbocycles. The molecule has 1 aromatic rings. The van der Waals surface area contributed by atoms with Crippen molar-refractivity contribution in [2.24, 2.45) is 0 Å². The van der Waals surface area contributed by atoms with Crippen LogP contribution in [0.4, 0.5) is 5.69 Å². The van der Waals surface area contributed by atoms with Crippen LogP contribution in [-0.2, 0) is 11.2 Å². The summed E-state index contributed by atoms with van der Waals surface area (Å²) in [4.78, 5) is 2.40. The molecule has 2 rings (SSSR count). The van der Waals surface area contributed by atoms with E-state index in [0.29, 0.717) is 0 Å². The molecule has 1 saturated heterocycles. The second-order valence-corrected chi connectivity index (χ2v) is 4.23. The van der Waals surface area contributed by atoms with Crippen LogP contribution in [0, 0.1) is 0 Å². The number of ether oxygens (including phenoxy) is 2. The molecule has 0 aliphatic carbocycles. The third-order valence-electron chi connectivity index (χ3n) is 3.17. The summed E-state index contributed by atoms with van der Waals surface area (Å²) in [6.07, 6.45) is 0.926. The van der Waals surface area contributed by atoms with Gasteiger partial charge in [-0.15, -0.1) is 0 Å². The summed E-state index contributed by atoms with van der Waals surface area (Å²) < 4.78 is 10.7. The lowest BCUT2D eigenvalue weighted by atomic mass is 10.1. The number of nitrogens with two attached hydrogens (primary N) is 1. The number of morpholine rings is 1. The third-order valence-corrected chi connectivity index (χ3v) is 3.17. The lowest BCUT2D eigenvalue weighted by Gasteiger charge is -2.26. The Bertz CT molecular complexity index is 362. The zero-order valence-corrected chi connectivity index (χ0v) is 10.3. The molecule has 1 heterocycles. The molecule has 1 fully saturated rings. The number of benzene rings is 1. The fraction of sp³-hybridized carbons (Fsp3) is 0.538. The van der Waals surface area contributed by atoms with Gasteiger partial charge >= 0.3 is 0 Å². The maximum atomic E-state index is 5.99. The van der Waals surface area contributed by atoms with E-state index in [0.717, 1.165) is 56.3 Å². The average Bonchev–Trinajstić information content (AvgIpc) is 2.38. The first-order valence-corrected chi connectivity index (χ1v) is 6.02.